The highest BCUT2D eigenvalue weighted by Crippen LogP contribution is 2.29. The van der Waals surface area contributed by atoms with Crippen molar-refractivity contribution in [2.75, 3.05) is 12.3 Å². The molecule has 0 aromatic heterocycles. The van der Waals surface area contributed by atoms with Crippen LogP contribution >= 0.6 is 0 Å². The van der Waals surface area contributed by atoms with Gasteiger partial charge in [-0.2, -0.15) is 0 Å². The quantitative estimate of drug-likeness (QED) is 0.711. The molecule has 0 atom stereocenters. The highest BCUT2D eigenvalue weighted by Gasteiger charge is 2.34. The van der Waals surface area contributed by atoms with E-state index in [1.807, 2.05) is 6.92 Å². The summed E-state index contributed by atoms with van der Waals surface area (Å²) < 4.78 is 0. The third-order valence-electron chi connectivity index (χ3n) is 3.77. The standard InChI is InChI=1S/C14H20N2O2/c1-10-8-11(4-5-12(10)15)13(18)16-14(9-17)6-2-3-7-14/h4-5,8,17H,2-3,6-7,9,15H2,1H3,(H,16,18). The summed E-state index contributed by atoms with van der Waals surface area (Å²) in [4.78, 5) is 12.2. The van der Waals surface area contributed by atoms with Crippen LogP contribution in [0.15, 0.2) is 18.2 Å². The Kier molecular flexibility index (Phi) is 3.57. The maximum atomic E-state index is 12.2. The summed E-state index contributed by atoms with van der Waals surface area (Å²) in [6.45, 7) is 1.89. The number of aryl methyl sites for hydroxylation is 1. The third-order valence-corrected chi connectivity index (χ3v) is 3.77. The molecule has 0 spiro atoms. The summed E-state index contributed by atoms with van der Waals surface area (Å²) >= 11 is 0. The molecule has 0 bridgehead atoms. The van der Waals surface area contributed by atoms with E-state index in [1.54, 1.807) is 18.2 Å². The maximum absolute atomic E-state index is 12.2. The van der Waals surface area contributed by atoms with E-state index in [4.69, 9.17) is 5.73 Å². The van der Waals surface area contributed by atoms with E-state index in [1.165, 1.54) is 0 Å². The number of aliphatic hydroxyl groups excluding tert-OH is 1. The molecule has 4 heteroatoms. The maximum Gasteiger partial charge on any atom is 0.251 e. The molecule has 2 rings (SSSR count). The van der Waals surface area contributed by atoms with Crippen molar-refractivity contribution in [1.82, 2.24) is 5.32 Å². The highest BCUT2D eigenvalue weighted by molar-refractivity contribution is 5.95. The number of anilines is 1. The van der Waals surface area contributed by atoms with Crippen LogP contribution in [0.5, 0.6) is 0 Å². The Balaban J connectivity index is 2.13. The first-order valence-corrected chi connectivity index (χ1v) is 6.36. The molecule has 1 aliphatic rings. The van der Waals surface area contributed by atoms with E-state index < -0.39 is 5.54 Å². The number of hydrogen-bond acceptors (Lipinski definition) is 3. The van der Waals surface area contributed by atoms with Crippen molar-refractivity contribution in [1.29, 1.82) is 0 Å². The molecule has 4 N–H and O–H groups in total. The van der Waals surface area contributed by atoms with E-state index in [0.717, 1.165) is 31.2 Å². The summed E-state index contributed by atoms with van der Waals surface area (Å²) in [6, 6.07) is 5.24. The normalized spacial score (nSPS) is 17.7. The van der Waals surface area contributed by atoms with Crippen molar-refractivity contribution in [3.05, 3.63) is 29.3 Å². The van der Waals surface area contributed by atoms with Crippen molar-refractivity contribution in [3.63, 3.8) is 0 Å². The van der Waals surface area contributed by atoms with Crippen LogP contribution in [0.4, 0.5) is 5.69 Å². The lowest BCUT2D eigenvalue weighted by molar-refractivity contribution is 0.0838. The summed E-state index contributed by atoms with van der Waals surface area (Å²) in [7, 11) is 0. The summed E-state index contributed by atoms with van der Waals surface area (Å²) in [6.07, 6.45) is 3.82. The van der Waals surface area contributed by atoms with Crippen LogP contribution in [0.3, 0.4) is 0 Å². The van der Waals surface area contributed by atoms with Gasteiger partial charge in [-0.15, -0.1) is 0 Å². The molecule has 1 aromatic carbocycles. The van der Waals surface area contributed by atoms with Crippen LogP contribution in [-0.4, -0.2) is 23.2 Å². The van der Waals surface area contributed by atoms with Gasteiger partial charge in [0.25, 0.3) is 5.91 Å². The third kappa shape index (κ3) is 2.48. The second kappa shape index (κ2) is 4.98. The van der Waals surface area contributed by atoms with Crippen molar-refractivity contribution in [3.8, 4) is 0 Å². The van der Waals surface area contributed by atoms with Crippen LogP contribution in [-0.2, 0) is 0 Å². The number of amides is 1. The first-order valence-electron chi connectivity index (χ1n) is 6.36. The number of nitrogen functional groups attached to an aromatic ring is 1. The minimum absolute atomic E-state index is 0.00664. The second-order valence-corrected chi connectivity index (χ2v) is 5.17. The molecule has 0 radical (unpaired) electrons. The fourth-order valence-electron chi connectivity index (χ4n) is 2.50. The zero-order valence-electron chi connectivity index (χ0n) is 10.7. The number of nitrogens with two attached hydrogens (primary N) is 1. The molecule has 1 aliphatic carbocycles. The largest absolute Gasteiger partial charge is 0.399 e. The van der Waals surface area contributed by atoms with Crippen LogP contribution < -0.4 is 11.1 Å². The van der Waals surface area contributed by atoms with Gasteiger partial charge in [0.1, 0.15) is 0 Å². The molecule has 1 amide bonds. The molecular formula is C14H20N2O2. The molecule has 0 heterocycles. The molecule has 1 aromatic rings. The Labute approximate surface area is 107 Å². The SMILES string of the molecule is Cc1cc(C(=O)NC2(CO)CCCC2)ccc1N. The molecular weight excluding hydrogens is 228 g/mol. The minimum atomic E-state index is -0.424. The Morgan fingerprint density at radius 1 is 1.44 bits per heavy atom. The summed E-state index contributed by atoms with van der Waals surface area (Å²) in [5.74, 6) is -0.131. The smallest absolute Gasteiger partial charge is 0.251 e. The van der Waals surface area contributed by atoms with E-state index >= 15 is 0 Å². The Hall–Kier alpha value is -1.55. The number of aliphatic hydroxyl groups is 1. The van der Waals surface area contributed by atoms with E-state index in [-0.39, 0.29) is 12.5 Å². The van der Waals surface area contributed by atoms with E-state index in [9.17, 15) is 9.90 Å². The fourth-order valence-corrected chi connectivity index (χ4v) is 2.50. The van der Waals surface area contributed by atoms with Crippen molar-refractivity contribution < 1.29 is 9.90 Å². The van der Waals surface area contributed by atoms with Crippen LogP contribution in [0, 0.1) is 6.92 Å². The summed E-state index contributed by atoms with van der Waals surface area (Å²) in [5.41, 5.74) is 7.49. The molecule has 4 nitrogen and oxygen atoms in total. The molecule has 0 unspecified atom stereocenters. The van der Waals surface area contributed by atoms with Crippen LogP contribution in [0.25, 0.3) is 0 Å². The minimum Gasteiger partial charge on any atom is -0.399 e. The van der Waals surface area contributed by atoms with Gasteiger partial charge >= 0.3 is 0 Å². The Bertz CT molecular complexity index is 451. The zero-order valence-corrected chi connectivity index (χ0v) is 10.7. The first-order chi connectivity index (χ1) is 8.56. The average molecular weight is 248 g/mol. The van der Waals surface area contributed by atoms with Crippen molar-refractivity contribution >= 4 is 11.6 Å². The number of carbonyl (C=O) groups is 1. The molecule has 0 saturated heterocycles. The van der Waals surface area contributed by atoms with Gasteiger partial charge < -0.3 is 16.2 Å². The number of benzene rings is 1. The average Bonchev–Trinajstić information content (AvgIpc) is 2.82. The van der Waals surface area contributed by atoms with Gasteiger partial charge in [-0.05, 0) is 43.5 Å². The summed E-state index contributed by atoms with van der Waals surface area (Å²) in [5, 5.41) is 12.5. The number of rotatable bonds is 3. The van der Waals surface area contributed by atoms with Gasteiger partial charge in [0, 0.05) is 11.3 Å². The zero-order chi connectivity index (χ0) is 13.2. The lowest BCUT2D eigenvalue weighted by Gasteiger charge is -2.28. The molecule has 18 heavy (non-hydrogen) atoms. The van der Waals surface area contributed by atoms with Crippen molar-refractivity contribution in [2.24, 2.45) is 0 Å². The lowest BCUT2D eigenvalue weighted by Crippen LogP contribution is -2.49. The van der Waals surface area contributed by atoms with Crippen LogP contribution in [0.2, 0.25) is 0 Å². The van der Waals surface area contributed by atoms with Gasteiger partial charge in [0.2, 0.25) is 0 Å². The second-order valence-electron chi connectivity index (χ2n) is 5.17. The monoisotopic (exact) mass is 248 g/mol. The Morgan fingerprint density at radius 2 is 2.11 bits per heavy atom. The van der Waals surface area contributed by atoms with E-state index in [0.29, 0.717) is 11.3 Å². The predicted molar refractivity (Wildman–Crippen MR) is 71.3 cm³/mol. The number of carbonyl (C=O) groups excluding carboxylic acids is 1. The first kappa shape index (κ1) is 12.9. The van der Waals surface area contributed by atoms with Gasteiger partial charge in [-0.25, -0.2) is 0 Å². The van der Waals surface area contributed by atoms with Gasteiger partial charge in [0.15, 0.2) is 0 Å². The molecule has 98 valence electrons. The topological polar surface area (TPSA) is 75.3 Å². The van der Waals surface area contributed by atoms with Gasteiger partial charge in [-0.3, -0.25) is 4.79 Å². The number of nitrogens with one attached hydrogen (secondary N) is 1. The van der Waals surface area contributed by atoms with Crippen molar-refractivity contribution in [2.45, 2.75) is 38.1 Å². The fraction of sp³-hybridized carbons (Fsp3) is 0.500. The lowest BCUT2D eigenvalue weighted by atomic mass is 9.98. The molecule has 0 aliphatic heterocycles. The van der Waals surface area contributed by atoms with Crippen LogP contribution in [0.1, 0.15) is 41.6 Å². The highest BCUT2D eigenvalue weighted by atomic mass is 16.3. The van der Waals surface area contributed by atoms with E-state index in [2.05, 4.69) is 5.32 Å². The van der Waals surface area contributed by atoms with Gasteiger partial charge in [-0.1, -0.05) is 12.8 Å². The van der Waals surface area contributed by atoms with Gasteiger partial charge in [0.05, 0.1) is 12.1 Å². The molecule has 1 saturated carbocycles. The number of hydrogen-bond donors (Lipinski definition) is 3. The Morgan fingerprint density at radius 3 is 2.67 bits per heavy atom. The molecule has 1 fully saturated rings. The predicted octanol–water partition coefficient (Wildman–Crippen LogP) is 1.61.